The molecule has 0 spiro atoms. The zero-order chi connectivity index (χ0) is 16.1. The molecule has 0 unspecified atom stereocenters. The Bertz CT molecular complexity index is 562. The number of carbonyl (C=O) groups excluding carboxylic acids is 2. The molecule has 2 rings (SSSR count). The van der Waals surface area contributed by atoms with Crippen molar-refractivity contribution in [2.45, 2.75) is 6.92 Å². The summed E-state index contributed by atoms with van der Waals surface area (Å²) in [6, 6.07) is 5.03. The molecule has 1 N–H and O–H groups in total. The number of nitrogens with zero attached hydrogens (tertiary/aromatic N) is 2. The number of ether oxygens (including phenoxy) is 1. The first-order chi connectivity index (χ1) is 10.5. The molecule has 1 aromatic carbocycles. The van der Waals surface area contributed by atoms with Crippen molar-refractivity contribution in [2.24, 2.45) is 0 Å². The highest BCUT2D eigenvalue weighted by molar-refractivity contribution is 9.10. The Balaban J connectivity index is 1.88. The summed E-state index contributed by atoms with van der Waals surface area (Å²) < 4.78 is 5.79. The van der Waals surface area contributed by atoms with Crippen molar-refractivity contribution in [2.75, 3.05) is 38.1 Å². The molecule has 1 aliphatic heterocycles. The van der Waals surface area contributed by atoms with Gasteiger partial charge in [-0.25, -0.2) is 9.59 Å². The fourth-order valence-corrected chi connectivity index (χ4v) is 2.81. The van der Waals surface area contributed by atoms with Crippen LogP contribution >= 0.6 is 27.5 Å². The fraction of sp³-hybridized carbons (Fsp3) is 0.429. The molecule has 1 aliphatic rings. The van der Waals surface area contributed by atoms with E-state index < -0.39 is 0 Å². The molecule has 1 heterocycles. The second kappa shape index (κ2) is 7.69. The average molecular weight is 391 g/mol. The van der Waals surface area contributed by atoms with Crippen molar-refractivity contribution in [1.29, 1.82) is 0 Å². The molecule has 22 heavy (non-hydrogen) atoms. The summed E-state index contributed by atoms with van der Waals surface area (Å²) >= 11 is 9.39. The van der Waals surface area contributed by atoms with Gasteiger partial charge in [0, 0.05) is 30.7 Å². The topological polar surface area (TPSA) is 61.9 Å². The Morgan fingerprint density at radius 3 is 2.50 bits per heavy atom. The third-order valence-corrected chi connectivity index (χ3v) is 4.07. The minimum absolute atomic E-state index is 0.229. The zero-order valence-electron chi connectivity index (χ0n) is 12.1. The SMILES string of the molecule is CCOC(=O)N1CCN(C(=O)Nc2ccc(Br)cc2Cl)CC1. The first kappa shape index (κ1) is 16.9. The highest BCUT2D eigenvalue weighted by Crippen LogP contribution is 2.26. The molecular weight excluding hydrogens is 374 g/mol. The fourth-order valence-electron chi connectivity index (χ4n) is 2.09. The maximum absolute atomic E-state index is 12.2. The van der Waals surface area contributed by atoms with E-state index in [0.29, 0.717) is 43.5 Å². The zero-order valence-corrected chi connectivity index (χ0v) is 14.5. The van der Waals surface area contributed by atoms with Gasteiger partial charge in [-0.1, -0.05) is 27.5 Å². The molecule has 3 amide bonds. The molecule has 0 atom stereocenters. The van der Waals surface area contributed by atoms with Crippen molar-refractivity contribution in [3.63, 3.8) is 0 Å². The van der Waals surface area contributed by atoms with Gasteiger partial charge in [0.25, 0.3) is 0 Å². The van der Waals surface area contributed by atoms with Crippen LogP contribution in [0.1, 0.15) is 6.92 Å². The van der Waals surface area contributed by atoms with Crippen LogP contribution in [0.5, 0.6) is 0 Å². The van der Waals surface area contributed by atoms with Crippen LogP contribution in [0.2, 0.25) is 5.02 Å². The van der Waals surface area contributed by atoms with Crippen LogP contribution in [-0.2, 0) is 4.74 Å². The summed E-state index contributed by atoms with van der Waals surface area (Å²) in [4.78, 5) is 27.1. The van der Waals surface area contributed by atoms with E-state index in [1.807, 2.05) is 0 Å². The number of halogens is 2. The first-order valence-electron chi connectivity index (χ1n) is 6.94. The number of hydrogen-bond acceptors (Lipinski definition) is 3. The molecule has 6 nitrogen and oxygen atoms in total. The molecule has 0 bridgehead atoms. The van der Waals surface area contributed by atoms with Gasteiger partial charge in [0.1, 0.15) is 0 Å². The third-order valence-electron chi connectivity index (χ3n) is 3.27. The lowest BCUT2D eigenvalue weighted by molar-refractivity contribution is 0.0869. The van der Waals surface area contributed by atoms with Gasteiger partial charge >= 0.3 is 12.1 Å². The highest BCUT2D eigenvalue weighted by Gasteiger charge is 2.25. The van der Waals surface area contributed by atoms with E-state index in [1.54, 1.807) is 34.9 Å². The predicted octanol–water partition coefficient (Wildman–Crippen LogP) is 3.41. The maximum Gasteiger partial charge on any atom is 0.409 e. The molecule has 0 radical (unpaired) electrons. The Morgan fingerprint density at radius 2 is 1.91 bits per heavy atom. The summed E-state index contributed by atoms with van der Waals surface area (Å²) in [6.07, 6.45) is -0.335. The van der Waals surface area contributed by atoms with Gasteiger partial charge < -0.3 is 19.9 Å². The molecule has 1 aromatic rings. The van der Waals surface area contributed by atoms with Crippen LogP contribution in [0.15, 0.2) is 22.7 Å². The van der Waals surface area contributed by atoms with Crippen LogP contribution in [0, 0.1) is 0 Å². The summed E-state index contributed by atoms with van der Waals surface area (Å²) in [6.45, 7) is 3.95. The number of anilines is 1. The maximum atomic E-state index is 12.2. The van der Waals surface area contributed by atoms with Crippen molar-refractivity contribution in [3.8, 4) is 0 Å². The minimum Gasteiger partial charge on any atom is -0.450 e. The third kappa shape index (κ3) is 4.27. The lowest BCUT2D eigenvalue weighted by atomic mass is 10.3. The van der Waals surface area contributed by atoms with Gasteiger partial charge in [0.15, 0.2) is 0 Å². The number of amides is 3. The van der Waals surface area contributed by atoms with Crippen LogP contribution in [0.4, 0.5) is 15.3 Å². The summed E-state index contributed by atoms with van der Waals surface area (Å²) in [5.41, 5.74) is 0.558. The molecule has 1 saturated heterocycles. The van der Waals surface area contributed by atoms with Crippen LogP contribution in [0.25, 0.3) is 0 Å². The second-order valence-electron chi connectivity index (χ2n) is 4.73. The summed E-state index contributed by atoms with van der Waals surface area (Å²) in [5.74, 6) is 0. The van der Waals surface area contributed by atoms with Gasteiger partial charge in [0.05, 0.1) is 17.3 Å². The monoisotopic (exact) mass is 389 g/mol. The number of nitrogens with one attached hydrogen (secondary N) is 1. The molecule has 0 aromatic heterocycles. The number of benzene rings is 1. The van der Waals surface area contributed by atoms with Crippen molar-refractivity contribution >= 4 is 45.3 Å². The number of piperazine rings is 1. The van der Waals surface area contributed by atoms with Gasteiger partial charge in [-0.05, 0) is 25.1 Å². The lowest BCUT2D eigenvalue weighted by Gasteiger charge is -2.34. The minimum atomic E-state index is -0.335. The van der Waals surface area contributed by atoms with Crippen LogP contribution < -0.4 is 5.32 Å². The van der Waals surface area contributed by atoms with Crippen molar-refractivity contribution in [3.05, 3.63) is 27.7 Å². The molecule has 8 heteroatoms. The molecule has 1 fully saturated rings. The van der Waals surface area contributed by atoms with E-state index >= 15 is 0 Å². The number of urea groups is 1. The molecule has 120 valence electrons. The van der Waals surface area contributed by atoms with Crippen LogP contribution in [-0.4, -0.2) is 54.7 Å². The Kier molecular flexibility index (Phi) is 5.90. The average Bonchev–Trinajstić information content (AvgIpc) is 2.50. The standard InChI is InChI=1S/C14H17BrClN3O3/c1-2-22-14(21)19-7-5-18(6-8-19)13(20)17-12-4-3-10(15)9-11(12)16/h3-4,9H,2,5-8H2,1H3,(H,17,20). The summed E-state index contributed by atoms with van der Waals surface area (Å²) in [5, 5.41) is 3.24. The van der Waals surface area contributed by atoms with Crippen molar-refractivity contribution < 1.29 is 14.3 Å². The van der Waals surface area contributed by atoms with Crippen LogP contribution in [0.3, 0.4) is 0 Å². The number of carbonyl (C=O) groups is 2. The van der Waals surface area contributed by atoms with E-state index in [2.05, 4.69) is 21.2 Å². The second-order valence-corrected chi connectivity index (χ2v) is 6.05. The molecule has 0 aliphatic carbocycles. The van der Waals surface area contributed by atoms with Gasteiger partial charge in [-0.3, -0.25) is 0 Å². The van der Waals surface area contributed by atoms with Gasteiger partial charge in [0.2, 0.25) is 0 Å². The van der Waals surface area contributed by atoms with Gasteiger partial charge in [-0.2, -0.15) is 0 Å². The van der Waals surface area contributed by atoms with E-state index in [0.717, 1.165) is 4.47 Å². The van der Waals surface area contributed by atoms with Crippen molar-refractivity contribution in [1.82, 2.24) is 9.80 Å². The van der Waals surface area contributed by atoms with Gasteiger partial charge in [-0.15, -0.1) is 0 Å². The van der Waals surface area contributed by atoms with E-state index in [-0.39, 0.29) is 12.1 Å². The normalized spacial score (nSPS) is 14.7. The van der Waals surface area contributed by atoms with E-state index in [4.69, 9.17) is 16.3 Å². The Hall–Kier alpha value is -1.47. The number of rotatable bonds is 2. The highest BCUT2D eigenvalue weighted by atomic mass is 79.9. The number of hydrogen-bond donors (Lipinski definition) is 1. The van der Waals surface area contributed by atoms with E-state index in [1.165, 1.54) is 0 Å². The van der Waals surface area contributed by atoms with E-state index in [9.17, 15) is 9.59 Å². The largest absolute Gasteiger partial charge is 0.450 e. The quantitative estimate of drug-likeness (QED) is 0.842. The summed E-state index contributed by atoms with van der Waals surface area (Å²) in [7, 11) is 0. The predicted molar refractivity (Wildman–Crippen MR) is 88.3 cm³/mol. The molecular formula is C14H17BrClN3O3. The molecule has 0 saturated carbocycles. The Morgan fingerprint density at radius 1 is 1.27 bits per heavy atom. The lowest BCUT2D eigenvalue weighted by Crippen LogP contribution is -2.51. The first-order valence-corrected chi connectivity index (χ1v) is 8.11. The smallest absolute Gasteiger partial charge is 0.409 e. The Labute approximate surface area is 142 Å².